The molecule has 0 amide bonds. The molecular weight excluding hydrogens is 196 g/mol. The molecule has 2 nitrogen and oxygen atoms in total. The van der Waals surface area contributed by atoms with Gasteiger partial charge in [-0.05, 0) is 57.5 Å². The van der Waals surface area contributed by atoms with Crippen molar-refractivity contribution in [2.24, 2.45) is 11.8 Å². The van der Waals surface area contributed by atoms with Crippen LogP contribution in [0.1, 0.15) is 46.5 Å². The largest absolute Gasteiger partial charge is 0.314 e. The zero-order valence-electron chi connectivity index (χ0n) is 11.2. The predicted octanol–water partition coefficient (Wildman–Crippen LogP) is 2.49. The molecule has 2 rings (SSSR count). The molecule has 0 aromatic rings. The summed E-state index contributed by atoms with van der Waals surface area (Å²) in [4.78, 5) is 2.77. The SMILES string of the molecule is CC1CC(CN2CCCC2C(C)C)CCN1. The number of piperidine rings is 1. The fourth-order valence-corrected chi connectivity index (χ4v) is 3.57. The summed E-state index contributed by atoms with van der Waals surface area (Å²) in [6.45, 7) is 11.0. The van der Waals surface area contributed by atoms with Crippen molar-refractivity contribution in [3.05, 3.63) is 0 Å². The van der Waals surface area contributed by atoms with Gasteiger partial charge < -0.3 is 5.32 Å². The molecule has 0 aromatic carbocycles. The van der Waals surface area contributed by atoms with Gasteiger partial charge in [0, 0.05) is 18.6 Å². The Morgan fingerprint density at radius 2 is 2.12 bits per heavy atom. The van der Waals surface area contributed by atoms with Crippen LogP contribution in [-0.4, -0.2) is 36.6 Å². The first-order valence-corrected chi connectivity index (χ1v) is 7.14. The molecule has 3 unspecified atom stereocenters. The Balaban J connectivity index is 1.83. The molecule has 16 heavy (non-hydrogen) atoms. The van der Waals surface area contributed by atoms with Crippen molar-refractivity contribution in [2.45, 2.75) is 58.5 Å². The van der Waals surface area contributed by atoms with Gasteiger partial charge in [0.2, 0.25) is 0 Å². The first-order chi connectivity index (χ1) is 7.66. The van der Waals surface area contributed by atoms with E-state index in [2.05, 4.69) is 31.0 Å². The molecule has 1 N–H and O–H groups in total. The molecular formula is C14H28N2. The number of hydrogen-bond acceptors (Lipinski definition) is 2. The zero-order valence-corrected chi connectivity index (χ0v) is 11.2. The van der Waals surface area contributed by atoms with Crippen molar-refractivity contribution in [2.75, 3.05) is 19.6 Å². The van der Waals surface area contributed by atoms with E-state index in [1.165, 1.54) is 45.3 Å². The van der Waals surface area contributed by atoms with Crippen molar-refractivity contribution in [1.29, 1.82) is 0 Å². The Hall–Kier alpha value is -0.0800. The third kappa shape index (κ3) is 2.98. The highest BCUT2D eigenvalue weighted by Gasteiger charge is 2.29. The van der Waals surface area contributed by atoms with Crippen LogP contribution in [0.25, 0.3) is 0 Å². The van der Waals surface area contributed by atoms with Gasteiger partial charge in [0.1, 0.15) is 0 Å². The molecule has 94 valence electrons. The summed E-state index contributed by atoms with van der Waals surface area (Å²) in [6.07, 6.45) is 5.61. The standard InChI is InChI=1S/C14H28N2/c1-11(2)14-5-4-8-16(14)10-13-6-7-15-12(3)9-13/h11-15H,4-10H2,1-3H3. The molecule has 0 saturated carbocycles. The molecule has 2 aliphatic rings. The van der Waals surface area contributed by atoms with Crippen LogP contribution in [0.5, 0.6) is 0 Å². The lowest BCUT2D eigenvalue weighted by molar-refractivity contribution is 0.153. The Labute approximate surface area is 101 Å². The number of likely N-dealkylation sites (tertiary alicyclic amines) is 1. The van der Waals surface area contributed by atoms with Crippen LogP contribution in [-0.2, 0) is 0 Å². The third-order valence-electron chi connectivity index (χ3n) is 4.41. The molecule has 0 aromatic heterocycles. The van der Waals surface area contributed by atoms with E-state index in [1.54, 1.807) is 0 Å². The summed E-state index contributed by atoms with van der Waals surface area (Å²) >= 11 is 0. The van der Waals surface area contributed by atoms with Gasteiger partial charge in [-0.3, -0.25) is 4.90 Å². The molecule has 0 aliphatic carbocycles. The number of hydrogen-bond donors (Lipinski definition) is 1. The Bertz CT molecular complexity index is 215. The Morgan fingerprint density at radius 3 is 2.81 bits per heavy atom. The maximum absolute atomic E-state index is 3.55. The van der Waals surface area contributed by atoms with E-state index < -0.39 is 0 Å². The summed E-state index contributed by atoms with van der Waals surface area (Å²) < 4.78 is 0. The van der Waals surface area contributed by atoms with Crippen molar-refractivity contribution in [3.8, 4) is 0 Å². The van der Waals surface area contributed by atoms with E-state index in [9.17, 15) is 0 Å². The van der Waals surface area contributed by atoms with Gasteiger partial charge in [-0.1, -0.05) is 13.8 Å². The first-order valence-electron chi connectivity index (χ1n) is 7.14. The van der Waals surface area contributed by atoms with E-state index in [0.29, 0.717) is 0 Å². The topological polar surface area (TPSA) is 15.3 Å². The minimum atomic E-state index is 0.735. The molecule has 0 bridgehead atoms. The molecule has 2 aliphatic heterocycles. The average molecular weight is 224 g/mol. The molecule has 2 heterocycles. The smallest absolute Gasteiger partial charge is 0.0119 e. The van der Waals surface area contributed by atoms with Crippen LogP contribution in [0.3, 0.4) is 0 Å². The highest BCUT2D eigenvalue weighted by molar-refractivity contribution is 4.85. The predicted molar refractivity (Wildman–Crippen MR) is 69.6 cm³/mol. The maximum Gasteiger partial charge on any atom is 0.0119 e. The normalized spacial score (nSPS) is 37.1. The van der Waals surface area contributed by atoms with E-state index >= 15 is 0 Å². The summed E-state index contributed by atoms with van der Waals surface area (Å²) in [5.74, 6) is 1.78. The van der Waals surface area contributed by atoms with E-state index in [-0.39, 0.29) is 0 Å². The van der Waals surface area contributed by atoms with Crippen LogP contribution >= 0.6 is 0 Å². The van der Waals surface area contributed by atoms with Gasteiger partial charge in [0.15, 0.2) is 0 Å². The minimum absolute atomic E-state index is 0.735. The monoisotopic (exact) mass is 224 g/mol. The quantitative estimate of drug-likeness (QED) is 0.792. The van der Waals surface area contributed by atoms with Crippen molar-refractivity contribution in [3.63, 3.8) is 0 Å². The summed E-state index contributed by atoms with van der Waals surface area (Å²) in [5.41, 5.74) is 0. The third-order valence-corrected chi connectivity index (χ3v) is 4.41. The van der Waals surface area contributed by atoms with Crippen molar-refractivity contribution in [1.82, 2.24) is 10.2 Å². The van der Waals surface area contributed by atoms with E-state index in [4.69, 9.17) is 0 Å². The molecule has 2 heteroatoms. The second-order valence-electron chi connectivity index (χ2n) is 6.19. The number of nitrogens with one attached hydrogen (secondary N) is 1. The average Bonchev–Trinajstić information content (AvgIpc) is 2.66. The van der Waals surface area contributed by atoms with Crippen LogP contribution in [0, 0.1) is 11.8 Å². The van der Waals surface area contributed by atoms with Gasteiger partial charge in [0.25, 0.3) is 0 Å². The van der Waals surface area contributed by atoms with Gasteiger partial charge >= 0.3 is 0 Å². The van der Waals surface area contributed by atoms with E-state index in [1.807, 2.05) is 0 Å². The molecule has 0 spiro atoms. The first kappa shape index (κ1) is 12.4. The highest BCUT2D eigenvalue weighted by atomic mass is 15.2. The highest BCUT2D eigenvalue weighted by Crippen LogP contribution is 2.27. The van der Waals surface area contributed by atoms with Crippen LogP contribution in [0.15, 0.2) is 0 Å². The number of rotatable bonds is 3. The van der Waals surface area contributed by atoms with E-state index in [0.717, 1.165) is 23.9 Å². The maximum atomic E-state index is 3.55. The van der Waals surface area contributed by atoms with Gasteiger partial charge in [-0.2, -0.15) is 0 Å². The van der Waals surface area contributed by atoms with Crippen molar-refractivity contribution < 1.29 is 0 Å². The van der Waals surface area contributed by atoms with Gasteiger partial charge in [-0.25, -0.2) is 0 Å². The Morgan fingerprint density at radius 1 is 1.31 bits per heavy atom. The summed E-state index contributed by atoms with van der Waals surface area (Å²) in [5, 5.41) is 3.55. The lowest BCUT2D eigenvalue weighted by atomic mass is 9.92. The second kappa shape index (κ2) is 5.50. The Kier molecular flexibility index (Phi) is 4.26. The fraction of sp³-hybridized carbons (Fsp3) is 1.00. The second-order valence-corrected chi connectivity index (χ2v) is 6.19. The lowest BCUT2D eigenvalue weighted by Gasteiger charge is -2.34. The fourth-order valence-electron chi connectivity index (χ4n) is 3.57. The molecule has 0 radical (unpaired) electrons. The molecule has 2 saturated heterocycles. The van der Waals surface area contributed by atoms with Crippen LogP contribution in [0.4, 0.5) is 0 Å². The lowest BCUT2D eigenvalue weighted by Crippen LogP contribution is -2.43. The summed E-state index contributed by atoms with van der Waals surface area (Å²) in [7, 11) is 0. The van der Waals surface area contributed by atoms with Gasteiger partial charge in [0.05, 0.1) is 0 Å². The summed E-state index contributed by atoms with van der Waals surface area (Å²) in [6, 6.07) is 1.60. The van der Waals surface area contributed by atoms with Crippen LogP contribution < -0.4 is 5.32 Å². The minimum Gasteiger partial charge on any atom is -0.314 e. The van der Waals surface area contributed by atoms with Crippen LogP contribution in [0.2, 0.25) is 0 Å². The number of nitrogens with zero attached hydrogens (tertiary/aromatic N) is 1. The molecule has 2 fully saturated rings. The molecule has 3 atom stereocenters. The van der Waals surface area contributed by atoms with Crippen molar-refractivity contribution >= 4 is 0 Å². The zero-order chi connectivity index (χ0) is 11.5. The van der Waals surface area contributed by atoms with Gasteiger partial charge in [-0.15, -0.1) is 0 Å².